The number of benzene rings is 1. The molecule has 2 nitrogen and oxygen atoms in total. The molecule has 1 fully saturated rings. The standard InChI is InChI=1S/C14H21ClN2/c1-11-9-14(7-8-17(11)2)16-10-12-3-5-13(15)6-4-12/h3-6,11,14,16H,7-10H2,1-2H3. The number of hydrogen-bond acceptors (Lipinski definition) is 2. The van der Waals surface area contributed by atoms with Gasteiger partial charge in [0.05, 0.1) is 0 Å². The summed E-state index contributed by atoms with van der Waals surface area (Å²) in [6.45, 7) is 4.44. The van der Waals surface area contributed by atoms with Gasteiger partial charge in [-0.15, -0.1) is 0 Å². The molecule has 0 radical (unpaired) electrons. The van der Waals surface area contributed by atoms with Crippen LogP contribution in [0.1, 0.15) is 25.3 Å². The van der Waals surface area contributed by atoms with Crippen LogP contribution >= 0.6 is 11.6 Å². The predicted octanol–water partition coefficient (Wildman–Crippen LogP) is 2.91. The van der Waals surface area contributed by atoms with Gasteiger partial charge in [0.2, 0.25) is 0 Å². The van der Waals surface area contributed by atoms with E-state index in [9.17, 15) is 0 Å². The lowest BCUT2D eigenvalue weighted by atomic mass is 9.99. The highest BCUT2D eigenvalue weighted by atomic mass is 35.5. The molecule has 0 bridgehead atoms. The summed E-state index contributed by atoms with van der Waals surface area (Å²) in [5.41, 5.74) is 1.31. The van der Waals surface area contributed by atoms with E-state index in [0.717, 1.165) is 11.6 Å². The van der Waals surface area contributed by atoms with Crippen LogP contribution in [0.25, 0.3) is 0 Å². The van der Waals surface area contributed by atoms with E-state index in [2.05, 4.69) is 36.3 Å². The summed E-state index contributed by atoms with van der Waals surface area (Å²) in [6, 6.07) is 9.43. The zero-order chi connectivity index (χ0) is 12.3. The Morgan fingerprint density at radius 1 is 1.35 bits per heavy atom. The van der Waals surface area contributed by atoms with Crippen molar-refractivity contribution in [1.82, 2.24) is 10.2 Å². The molecule has 1 N–H and O–H groups in total. The van der Waals surface area contributed by atoms with Gasteiger partial charge >= 0.3 is 0 Å². The second-order valence-corrected chi connectivity index (χ2v) is 5.49. The molecule has 1 aromatic carbocycles. The number of piperidine rings is 1. The van der Waals surface area contributed by atoms with E-state index in [-0.39, 0.29) is 0 Å². The molecule has 2 rings (SSSR count). The van der Waals surface area contributed by atoms with Crippen LogP contribution in [0.4, 0.5) is 0 Å². The molecule has 0 aliphatic carbocycles. The lowest BCUT2D eigenvalue weighted by Gasteiger charge is -2.35. The molecule has 0 aromatic heterocycles. The third kappa shape index (κ3) is 3.70. The molecule has 1 heterocycles. The van der Waals surface area contributed by atoms with Gasteiger partial charge in [-0.2, -0.15) is 0 Å². The first-order valence-electron chi connectivity index (χ1n) is 6.33. The highest BCUT2D eigenvalue weighted by Gasteiger charge is 2.21. The molecule has 0 amide bonds. The summed E-state index contributed by atoms with van der Waals surface area (Å²) in [5.74, 6) is 0. The average Bonchev–Trinajstić information content (AvgIpc) is 2.33. The minimum absolute atomic E-state index is 0.650. The van der Waals surface area contributed by atoms with Crippen LogP contribution in [-0.2, 0) is 6.54 Å². The Morgan fingerprint density at radius 3 is 2.71 bits per heavy atom. The number of likely N-dealkylation sites (tertiary alicyclic amines) is 1. The average molecular weight is 253 g/mol. The fourth-order valence-corrected chi connectivity index (χ4v) is 2.47. The predicted molar refractivity (Wildman–Crippen MR) is 73.4 cm³/mol. The Labute approximate surface area is 109 Å². The Kier molecular flexibility index (Phi) is 4.43. The first kappa shape index (κ1) is 12.9. The third-order valence-corrected chi connectivity index (χ3v) is 3.97. The molecule has 1 saturated heterocycles. The van der Waals surface area contributed by atoms with Crippen molar-refractivity contribution in [1.29, 1.82) is 0 Å². The Morgan fingerprint density at radius 2 is 2.06 bits per heavy atom. The minimum Gasteiger partial charge on any atom is -0.310 e. The largest absolute Gasteiger partial charge is 0.310 e. The highest BCUT2D eigenvalue weighted by molar-refractivity contribution is 6.30. The summed E-state index contributed by atoms with van der Waals surface area (Å²) in [6.07, 6.45) is 2.48. The molecule has 94 valence electrons. The van der Waals surface area contributed by atoms with Crippen molar-refractivity contribution in [3.63, 3.8) is 0 Å². The van der Waals surface area contributed by atoms with Gasteiger partial charge in [-0.1, -0.05) is 23.7 Å². The van der Waals surface area contributed by atoms with Crippen molar-refractivity contribution in [3.8, 4) is 0 Å². The molecule has 1 aliphatic rings. The summed E-state index contributed by atoms with van der Waals surface area (Å²) < 4.78 is 0. The van der Waals surface area contributed by atoms with Gasteiger partial charge in [-0.3, -0.25) is 0 Å². The molecule has 2 unspecified atom stereocenters. The topological polar surface area (TPSA) is 15.3 Å². The summed E-state index contributed by atoms with van der Waals surface area (Å²) in [7, 11) is 2.21. The van der Waals surface area contributed by atoms with E-state index < -0.39 is 0 Å². The number of rotatable bonds is 3. The fourth-order valence-electron chi connectivity index (χ4n) is 2.34. The van der Waals surface area contributed by atoms with Gasteiger partial charge in [-0.05, 0) is 51.1 Å². The lowest BCUT2D eigenvalue weighted by Crippen LogP contribution is -2.45. The maximum absolute atomic E-state index is 5.87. The second kappa shape index (κ2) is 5.85. The van der Waals surface area contributed by atoms with Crippen molar-refractivity contribution < 1.29 is 0 Å². The summed E-state index contributed by atoms with van der Waals surface area (Å²) in [5, 5.41) is 4.45. The van der Waals surface area contributed by atoms with Crippen molar-refractivity contribution in [2.45, 2.75) is 38.4 Å². The van der Waals surface area contributed by atoms with Crippen LogP contribution in [0.15, 0.2) is 24.3 Å². The monoisotopic (exact) mass is 252 g/mol. The SMILES string of the molecule is CC1CC(NCc2ccc(Cl)cc2)CCN1C. The first-order chi connectivity index (χ1) is 8.15. The van der Waals surface area contributed by atoms with Gasteiger partial charge in [0.1, 0.15) is 0 Å². The van der Waals surface area contributed by atoms with Crippen LogP contribution < -0.4 is 5.32 Å². The molecule has 17 heavy (non-hydrogen) atoms. The quantitative estimate of drug-likeness (QED) is 0.890. The highest BCUT2D eigenvalue weighted by Crippen LogP contribution is 2.16. The Bertz CT molecular complexity index is 350. The molecule has 0 spiro atoms. The van der Waals surface area contributed by atoms with E-state index in [0.29, 0.717) is 12.1 Å². The van der Waals surface area contributed by atoms with Gasteiger partial charge in [0.25, 0.3) is 0 Å². The van der Waals surface area contributed by atoms with Crippen LogP contribution in [-0.4, -0.2) is 30.6 Å². The minimum atomic E-state index is 0.650. The van der Waals surface area contributed by atoms with E-state index in [1.165, 1.54) is 24.9 Å². The number of nitrogens with zero attached hydrogens (tertiary/aromatic N) is 1. The van der Waals surface area contributed by atoms with E-state index >= 15 is 0 Å². The second-order valence-electron chi connectivity index (χ2n) is 5.06. The molecule has 3 heteroatoms. The van der Waals surface area contributed by atoms with E-state index in [4.69, 9.17) is 11.6 Å². The Balaban J connectivity index is 1.80. The van der Waals surface area contributed by atoms with Gasteiger partial charge in [-0.25, -0.2) is 0 Å². The molecular weight excluding hydrogens is 232 g/mol. The molecule has 1 aliphatic heterocycles. The van der Waals surface area contributed by atoms with Crippen molar-refractivity contribution in [2.24, 2.45) is 0 Å². The fraction of sp³-hybridized carbons (Fsp3) is 0.571. The maximum Gasteiger partial charge on any atom is 0.0406 e. The number of nitrogens with one attached hydrogen (secondary N) is 1. The van der Waals surface area contributed by atoms with Crippen LogP contribution in [0.2, 0.25) is 5.02 Å². The number of hydrogen-bond donors (Lipinski definition) is 1. The van der Waals surface area contributed by atoms with Gasteiger partial charge < -0.3 is 10.2 Å². The third-order valence-electron chi connectivity index (χ3n) is 3.72. The zero-order valence-corrected chi connectivity index (χ0v) is 11.4. The normalized spacial score (nSPS) is 26.1. The van der Waals surface area contributed by atoms with E-state index in [1.807, 2.05) is 12.1 Å². The van der Waals surface area contributed by atoms with Gasteiger partial charge in [0, 0.05) is 23.7 Å². The van der Waals surface area contributed by atoms with Crippen molar-refractivity contribution in [2.75, 3.05) is 13.6 Å². The maximum atomic E-state index is 5.87. The molecular formula is C14H21ClN2. The van der Waals surface area contributed by atoms with Crippen LogP contribution in [0.5, 0.6) is 0 Å². The van der Waals surface area contributed by atoms with Gasteiger partial charge in [0.15, 0.2) is 0 Å². The van der Waals surface area contributed by atoms with Crippen molar-refractivity contribution in [3.05, 3.63) is 34.9 Å². The number of halogens is 1. The Hall–Kier alpha value is -0.570. The summed E-state index contributed by atoms with van der Waals surface area (Å²) in [4.78, 5) is 2.43. The van der Waals surface area contributed by atoms with E-state index in [1.54, 1.807) is 0 Å². The molecule has 1 aromatic rings. The lowest BCUT2D eigenvalue weighted by molar-refractivity contribution is 0.168. The first-order valence-corrected chi connectivity index (χ1v) is 6.71. The zero-order valence-electron chi connectivity index (χ0n) is 10.6. The smallest absolute Gasteiger partial charge is 0.0406 e. The molecule has 0 saturated carbocycles. The van der Waals surface area contributed by atoms with Crippen molar-refractivity contribution >= 4 is 11.6 Å². The van der Waals surface area contributed by atoms with Crippen LogP contribution in [0, 0.1) is 0 Å². The molecule has 2 atom stereocenters. The summed E-state index contributed by atoms with van der Waals surface area (Å²) >= 11 is 5.87. The van der Waals surface area contributed by atoms with Crippen LogP contribution in [0.3, 0.4) is 0 Å².